The summed E-state index contributed by atoms with van der Waals surface area (Å²) in [4.78, 5) is 23.8. The van der Waals surface area contributed by atoms with Gasteiger partial charge in [0.25, 0.3) is 0 Å². The molecule has 0 amide bonds. The van der Waals surface area contributed by atoms with Gasteiger partial charge < -0.3 is 0 Å². The molecule has 16 heavy (non-hydrogen) atoms. The number of hydrogen-bond donors (Lipinski definition) is 0. The lowest BCUT2D eigenvalue weighted by Gasteiger charge is -2.13. The second-order valence-electron chi connectivity index (χ2n) is 3.90. The van der Waals surface area contributed by atoms with E-state index in [1.54, 1.807) is 50.3 Å². The average molecular weight is 212 g/mol. The van der Waals surface area contributed by atoms with Gasteiger partial charge in [0.1, 0.15) is 0 Å². The molecule has 0 aromatic heterocycles. The van der Waals surface area contributed by atoms with Crippen LogP contribution in [0.15, 0.2) is 58.7 Å². The summed E-state index contributed by atoms with van der Waals surface area (Å²) in [5, 5.41) is 0. The van der Waals surface area contributed by atoms with Crippen molar-refractivity contribution in [1.29, 1.82) is 0 Å². The number of rotatable bonds is 0. The molecule has 2 aliphatic carbocycles. The third-order valence-corrected chi connectivity index (χ3v) is 2.71. The first-order valence-corrected chi connectivity index (χ1v) is 5.15. The molecule has 0 unspecified atom stereocenters. The second-order valence-corrected chi connectivity index (χ2v) is 3.90. The third-order valence-electron chi connectivity index (χ3n) is 2.71. The van der Waals surface area contributed by atoms with Crippen LogP contribution < -0.4 is 0 Å². The molecule has 2 nitrogen and oxygen atoms in total. The maximum absolute atomic E-state index is 11.9. The van der Waals surface area contributed by atoms with Crippen molar-refractivity contribution in [2.45, 2.75) is 13.8 Å². The van der Waals surface area contributed by atoms with Crippen LogP contribution in [0.2, 0.25) is 0 Å². The monoisotopic (exact) mass is 212 g/mol. The van der Waals surface area contributed by atoms with Crippen molar-refractivity contribution in [3.05, 3.63) is 58.7 Å². The van der Waals surface area contributed by atoms with Gasteiger partial charge in [-0.1, -0.05) is 36.5 Å². The van der Waals surface area contributed by atoms with Crippen LogP contribution in [-0.4, -0.2) is 11.6 Å². The lowest BCUT2D eigenvalue weighted by Crippen LogP contribution is -2.14. The van der Waals surface area contributed by atoms with Crippen LogP contribution in [0.5, 0.6) is 0 Å². The number of carbonyl (C=O) groups excluding carboxylic acids is 2. The van der Waals surface area contributed by atoms with Gasteiger partial charge in [0.15, 0.2) is 11.6 Å². The maximum Gasteiger partial charge on any atom is 0.189 e. The fraction of sp³-hybridized carbons (Fsp3) is 0.143. The van der Waals surface area contributed by atoms with E-state index in [0.717, 1.165) is 0 Å². The minimum Gasteiger partial charge on any atom is -0.289 e. The van der Waals surface area contributed by atoms with Gasteiger partial charge in [-0.2, -0.15) is 0 Å². The van der Waals surface area contributed by atoms with Crippen LogP contribution >= 0.6 is 0 Å². The van der Waals surface area contributed by atoms with Gasteiger partial charge >= 0.3 is 0 Å². The van der Waals surface area contributed by atoms with Gasteiger partial charge in [-0.3, -0.25) is 9.59 Å². The molecule has 0 heterocycles. The van der Waals surface area contributed by atoms with E-state index < -0.39 is 0 Å². The molecule has 2 rings (SSSR count). The van der Waals surface area contributed by atoms with Crippen molar-refractivity contribution in [1.82, 2.24) is 0 Å². The van der Waals surface area contributed by atoms with Crippen LogP contribution in [0.4, 0.5) is 0 Å². The zero-order valence-electron chi connectivity index (χ0n) is 9.28. The van der Waals surface area contributed by atoms with Gasteiger partial charge in [-0.05, 0) is 25.0 Å². The molecule has 0 bridgehead atoms. The lowest BCUT2D eigenvalue weighted by atomic mass is 9.89. The topological polar surface area (TPSA) is 34.1 Å². The van der Waals surface area contributed by atoms with Crippen LogP contribution in [0.25, 0.3) is 0 Å². The second kappa shape index (κ2) is 3.89. The van der Waals surface area contributed by atoms with Crippen LogP contribution in [0.3, 0.4) is 0 Å². The summed E-state index contributed by atoms with van der Waals surface area (Å²) >= 11 is 0. The summed E-state index contributed by atoms with van der Waals surface area (Å²) in [7, 11) is 0. The fourth-order valence-electron chi connectivity index (χ4n) is 1.73. The predicted octanol–water partition coefficient (Wildman–Crippen LogP) is 2.45. The quantitative estimate of drug-likeness (QED) is 0.578. The number of carbonyl (C=O) groups is 2. The smallest absolute Gasteiger partial charge is 0.189 e. The van der Waals surface area contributed by atoms with E-state index in [-0.39, 0.29) is 11.6 Å². The summed E-state index contributed by atoms with van der Waals surface area (Å²) in [6.07, 6.45) is 10.5. The van der Waals surface area contributed by atoms with E-state index in [1.165, 1.54) is 0 Å². The molecule has 0 saturated carbocycles. The maximum atomic E-state index is 11.9. The number of hydrogen-bond acceptors (Lipinski definition) is 2. The predicted molar refractivity (Wildman–Crippen MR) is 62.8 cm³/mol. The highest BCUT2D eigenvalue weighted by Gasteiger charge is 2.21. The molecular formula is C14H12O2. The molecule has 0 spiro atoms. The Hall–Kier alpha value is -1.96. The molecule has 0 aliphatic heterocycles. The van der Waals surface area contributed by atoms with Crippen molar-refractivity contribution in [3.8, 4) is 0 Å². The van der Waals surface area contributed by atoms with Crippen molar-refractivity contribution < 1.29 is 9.59 Å². The summed E-state index contributed by atoms with van der Waals surface area (Å²) in [6.45, 7) is 3.51. The Kier molecular flexibility index (Phi) is 2.57. The standard InChI is InChI=1S/C14H12O2/c1-9-5-3-7-11(13(9)15)12-8-4-6-10(2)14(12)16/h3-8H,1-2H3/b12-11-. The Morgan fingerprint density at radius 1 is 0.750 bits per heavy atom. The molecular weight excluding hydrogens is 200 g/mol. The van der Waals surface area contributed by atoms with Crippen molar-refractivity contribution in [2.24, 2.45) is 0 Å². The third kappa shape index (κ3) is 1.63. The summed E-state index contributed by atoms with van der Waals surface area (Å²) in [5.74, 6) is -0.129. The summed E-state index contributed by atoms with van der Waals surface area (Å²) < 4.78 is 0. The Morgan fingerprint density at radius 2 is 1.12 bits per heavy atom. The molecule has 2 heteroatoms. The normalized spacial score (nSPS) is 24.6. The lowest BCUT2D eigenvalue weighted by molar-refractivity contribution is -0.114. The van der Waals surface area contributed by atoms with E-state index in [9.17, 15) is 9.59 Å². The van der Waals surface area contributed by atoms with Crippen molar-refractivity contribution in [3.63, 3.8) is 0 Å². The number of allylic oxidation sites excluding steroid dienone is 10. The molecule has 0 aromatic rings. The fourth-order valence-corrected chi connectivity index (χ4v) is 1.73. The molecule has 0 atom stereocenters. The molecule has 0 radical (unpaired) electrons. The number of ketones is 2. The van der Waals surface area contributed by atoms with Gasteiger partial charge in [0.05, 0.1) is 0 Å². The van der Waals surface area contributed by atoms with E-state index in [1.807, 2.05) is 0 Å². The number of Topliss-reactive ketones (excluding diaryl/α,β-unsaturated/α-hetero) is 2. The Balaban J connectivity index is 2.53. The van der Waals surface area contributed by atoms with Crippen LogP contribution in [-0.2, 0) is 9.59 Å². The average Bonchev–Trinajstić information content (AvgIpc) is 2.27. The molecule has 0 aromatic carbocycles. The Morgan fingerprint density at radius 3 is 1.50 bits per heavy atom. The molecule has 0 N–H and O–H groups in total. The van der Waals surface area contributed by atoms with Crippen LogP contribution in [0.1, 0.15) is 13.8 Å². The van der Waals surface area contributed by atoms with E-state index in [0.29, 0.717) is 22.3 Å². The first-order chi connectivity index (χ1) is 7.61. The SMILES string of the molecule is CC1=CC=C/C(=C2\C=CC=C(C)C2=O)C1=O. The summed E-state index contributed by atoms with van der Waals surface area (Å²) in [6, 6.07) is 0. The van der Waals surface area contributed by atoms with Crippen molar-refractivity contribution >= 4 is 11.6 Å². The minimum absolute atomic E-state index is 0.0646. The van der Waals surface area contributed by atoms with Crippen molar-refractivity contribution in [2.75, 3.05) is 0 Å². The van der Waals surface area contributed by atoms with Gasteiger partial charge in [0.2, 0.25) is 0 Å². The highest BCUT2D eigenvalue weighted by atomic mass is 16.1. The van der Waals surface area contributed by atoms with Crippen LogP contribution in [0, 0.1) is 0 Å². The Labute approximate surface area is 94.3 Å². The van der Waals surface area contributed by atoms with E-state index >= 15 is 0 Å². The molecule has 2 aliphatic rings. The highest BCUT2D eigenvalue weighted by molar-refractivity contribution is 6.20. The van der Waals surface area contributed by atoms with Gasteiger partial charge in [-0.25, -0.2) is 0 Å². The first-order valence-electron chi connectivity index (χ1n) is 5.15. The highest BCUT2D eigenvalue weighted by Crippen LogP contribution is 2.23. The van der Waals surface area contributed by atoms with E-state index in [4.69, 9.17) is 0 Å². The van der Waals surface area contributed by atoms with Gasteiger partial charge in [-0.15, -0.1) is 0 Å². The molecule has 0 saturated heterocycles. The molecule has 0 fully saturated rings. The van der Waals surface area contributed by atoms with Gasteiger partial charge in [0, 0.05) is 11.1 Å². The largest absolute Gasteiger partial charge is 0.289 e. The zero-order chi connectivity index (χ0) is 11.7. The van der Waals surface area contributed by atoms with E-state index in [2.05, 4.69) is 0 Å². The summed E-state index contributed by atoms with van der Waals surface area (Å²) in [5.41, 5.74) is 2.32. The first kappa shape index (κ1) is 10.6. The molecule has 80 valence electrons. The Bertz CT molecular complexity index is 475. The minimum atomic E-state index is -0.0646. The zero-order valence-corrected chi connectivity index (χ0v) is 9.28.